The molecule has 0 aliphatic carbocycles. The molecular formula is C22H21ClN2O5S. The summed E-state index contributed by atoms with van der Waals surface area (Å²) in [7, 11) is -1.08. The Labute approximate surface area is 186 Å². The maximum atomic E-state index is 13.0. The number of carbonyl (C=O) groups excluding carboxylic acids is 1. The highest BCUT2D eigenvalue weighted by molar-refractivity contribution is 7.92. The monoisotopic (exact) mass is 460 g/mol. The Morgan fingerprint density at radius 2 is 1.48 bits per heavy atom. The molecule has 3 aromatic carbocycles. The Hall–Kier alpha value is -3.23. The first-order valence-corrected chi connectivity index (χ1v) is 11.0. The topological polar surface area (TPSA) is 93.7 Å². The molecule has 0 heterocycles. The molecule has 0 spiro atoms. The lowest BCUT2D eigenvalue weighted by molar-refractivity contribution is 0.102. The van der Waals surface area contributed by atoms with E-state index in [4.69, 9.17) is 21.1 Å². The second-order valence-electron chi connectivity index (χ2n) is 6.63. The molecule has 7 nitrogen and oxygen atoms in total. The van der Waals surface area contributed by atoms with Crippen molar-refractivity contribution >= 4 is 38.9 Å². The normalized spacial score (nSPS) is 11.0. The van der Waals surface area contributed by atoms with Gasteiger partial charge in [-0.25, -0.2) is 8.42 Å². The zero-order valence-electron chi connectivity index (χ0n) is 17.1. The molecule has 31 heavy (non-hydrogen) atoms. The van der Waals surface area contributed by atoms with Gasteiger partial charge < -0.3 is 14.8 Å². The minimum Gasteiger partial charge on any atom is -0.495 e. The van der Waals surface area contributed by atoms with Crippen molar-refractivity contribution in [2.45, 2.75) is 11.8 Å². The Balaban J connectivity index is 1.92. The highest BCUT2D eigenvalue weighted by Crippen LogP contribution is 2.31. The van der Waals surface area contributed by atoms with E-state index in [2.05, 4.69) is 10.0 Å². The van der Waals surface area contributed by atoms with Gasteiger partial charge in [0.05, 0.1) is 30.5 Å². The highest BCUT2D eigenvalue weighted by Gasteiger charge is 2.20. The van der Waals surface area contributed by atoms with Crippen molar-refractivity contribution in [2.75, 3.05) is 24.3 Å². The number of hydrogen-bond acceptors (Lipinski definition) is 5. The first-order valence-electron chi connectivity index (χ1n) is 9.16. The van der Waals surface area contributed by atoms with Crippen LogP contribution >= 0.6 is 11.6 Å². The van der Waals surface area contributed by atoms with E-state index in [-0.39, 0.29) is 10.6 Å². The second-order valence-corrected chi connectivity index (χ2v) is 8.75. The van der Waals surface area contributed by atoms with Crippen LogP contribution in [0.15, 0.2) is 65.6 Å². The van der Waals surface area contributed by atoms with Crippen LogP contribution in [0.3, 0.4) is 0 Å². The maximum absolute atomic E-state index is 13.0. The van der Waals surface area contributed by atoms with Crippen molar-refractivity contribution in [3.05, 3.63) is 76.8 Å². The number of carbonyl (C=O) groups is 1. The van der Waals surface area contributed by atoms with E-state index in [1.54, 1.807) is 36.4 Å². The molecule has 3 rings (SSSR count). The summed E-state index contributed by atoms with van der Waals surface area (Å²) in [6.07, 6.45) is 0. The van der Waals surface area contributed by atoms with Crippen molar-refractivity contribution in [3.63, 3.8) is 0 Å². The Kier molecular flexibility index (Phi) is 6.72. The SMILES string of the molecule is COc1ccc(S(=O)(=O)Nc2cc(C)ccc2OC)cc1NC(=O)c1ccc(Cl)cc1. The summed E-state index contributed by atoms with van der Waals surface area (Å²) < 4.78 is 39.0. The summed E-state index contributed by atoms with van der Waals surface area (Å²) in [5.41, 5.74) is 1.75. The van der Waals surface area contributed by atoms with Crippen molar-refractivity contribution < 1.29 is 22.7 Å². The summed E-state index contributed by atoms with van der Waals surface area (Å²) in [6, 6.07) is 15.7. The Morgan fingerprint density at radius 3 is 2.13 bits per heavy atom. The minimum atomic E-state index is -3.97. The van der Waals surface area contributed by atoms with E-state index in [1.807, 2.05) is 13.0 Å². The van der Waals surface area contributed by atoms with Crippen LogP contribution in [0.1, 0.15) is 15.9 Å². The van der Waals surface area contributed by atoms with Crippen LogP contribution in [0.4, 0.5) is 11.4 Å². The Bertz CT molecular complexity index is 1210. The molecule has 3 aromatic rings. The summed E-state index contributed by atoms with van der Waals surface area (Å²) in [4.78, 5) is 12.5. The van der Waals surface area contributed by atoms with Crippen LogP contribution in [-0.4, -0.2) is 28.5 Å². The lowest BCUT2D eigenvalue weighted by atomic mass is 10.2. The second kappa shape index (κ2) is 9.28. The molecule has 0 atom stereocenters. The standard InChI is InChI=1S/C22H21ClN2O5S/c1-14-4-10-21(30-3)19(12-14)25-31(27,28)17-9-11-20(29-2)18(13-17)24-22(26)15-5-7-16(23)8-6-15/h4-13,25H,1-3H3,(H,24,26). The third-order valence-electron chi connectivity index (χ3n) is 4.44. The van der Waals surface area contributed by atoms with E-state index in [1.165, 1.54) is 32.4 Å². The van der Waals surface area contributed by atoms with Crippen LogP contribution < -0.4 is 19.5 Å². The molecule has 9 heteroatoms. The first-order chi connectivity index (χ1) is 14.7. The predicted molar refractivity (Wildman–Crippen MR) is 121 cm³/mol. The van der Waals surface area contributed by atoms with Gasteiger partial charge in [0.1, 0.15) is 11.5 Å². The molecule has 0 unspecified atom stereocenters. The van der Waals surface area contributed by atoms with Gasteiger partial charge in [0.25, 0.3) is 15.9 Å². The van der Waals surface area contributed by atoms with Crippen LogP contribution in [0.2, 0.25) is 5.02 Å². The van der Waals surface area contributed by atoms with E-state index in [9.17, 15) is 13.2 Å². The number of amides is 1. The molecule has 0 aliphatic rings. The quantitative estimate of drug-likeness (QED) is 0.532. The van der Waals surface area contributed by atoms with Crippen molar-refractivity contribution in [1.29, 1.82) is 0 Å². The van der Waals surface area contributed by atoms with Crippen LogP contribution in [0, 0.1) is 6.92 Å². The number of methoxy groups -OCH3 is 2. The zero-order valence-corrected chi connectivity index (χ0v) is 18.7. The average molecular weight is 461 g/mol. The number of aryl methyl sites for hydroxylation is 1. The first kappa shape index (κ1) is 22.5. The van der Waals surface area contributed by atoms with Crippen LogP contribution in [0.5, 0.6) is 11.5 Å². The summed E-state index contributed by atoms with van der Waals surface area (Å²) in [5.74, 6) is 0.270. The molecule has 162 valence electrons. The third kappa shape index (κ3) is 5.28. The molecule has 1 amide bonds. The summed E-state index contributed by atoms with van der Waals surface area (Å²) in [5, 5.41) is 3.18. The van der Waals surface area contributed by atoms with Crippen molar-refractivity contribution in [2.24, 2.45) is 0 Å². The molecule has 2 N–H and O–H groups in total. The number of ether oxygens (including phenoxy) is 2. The van der Waals surface area contributed by atoms with Gasteiger partial charge in [-0.05, 0) is 67.1 Å². The van der Waals surface area contributed by atoms with Gasteiger partial charge in [-0.1, -0.05) is 17.7 Å². The summed E-state index contributed by atoms with van der Waals surface area (Å²) >= 11 is 5.86. The van der Waals surface area contributed by atoms with Gasteiger partial charge in [0.15, 0.2) is 0 Å². The molecule has 0 bridgehead atoms. The van der Waals surface area contributed by atoms with Gasteiger partial charge >= 0.3 is 0 Å². The number of nitrogens with one attached hydrogen (secondary N) is 2. The molecule has 0 aliphatic heterocycles. The van der Waals surface area contributed by atoms with Crippen molar-refractivity contribution in [1.82, 2.24) is 0 Å². The van der Waals surface area contributed by atoms with Gasteiger partial charge in [-0.2, -0.15) is 0 Å². The third-order valence-corrected chi connectivity index (χ3v) is 6.05. The number of rotatable bonds is 7. The lowest BCUT2D eigenvalue weighted by Crippen LogP contribution is -2.16. The number of anilines is 2. The number of sulfonamides is 1. The fourth-order valence-electron chi connectivity index (χ4n) is 2.85. The molecular weight excluding hydrogens is 440 g/mol. The number of hydrogen-bond donors (Lipinski definition) is 2. The predicted octanol–water partition coefficient (Wildman–Crippen LogP) is 4.72. The smallest absolute Gasteiger partial charge is 0.262 e. The lowest BCUT2D eigenvalue weighted by Gasteiger charge is -2.15. The number of benzene rings is 3. The average Bonchev–Trinajstić information content (AvgIpc) is 2.74. The van der Waals surface area contributed by atoms with Crippen molar-refractivity contribution in [3.8, 4) is 11.5 Å². The summed E-state index contributed by atoms with van der Waals surface area (Å²) in [6.45, 7) is 1.84. The zero-order chi connectivity index (χ0) is 22.6. The van der Waals surface area contributed by atoms with Gasteiger partial charge in [-0.15, -0.1) is 0 Å². The fraction of sp³-hybridized carbons (Fsp3) is 0.136. The molecule has 0 fully saturated rings. The fourth-order valence-corrected chi connectivity index (χ4v) is 4.07. The van der Waals surface area contributed by atoms with E-state index >= 15 is 0 Å². The van der Waals surface area contributed by atoms with Gasteiger partial charge in [0.2, 0.25) is 0 Å². The minimum absolute atomic E-state index is 0.0525. The highest BCUT2D eigenvalue weighted by atomic mass is 35.5. The number of halogens is 1. The molecule has 0 saturated heterocycles. The van der Waals surface area contributed by atoms with Crippen LogP contribution in [0.25, 0.3) is 0 Å². The Morgan fingerprint density at radius 1 is 0.871 bits per heavy atom. The van der Waals surface area contributed by atoms with Gasteiger partial charge in [-0.3, -0.25) is 9.52 Å². The van der Waals surface area contributed by atoms with E-state index in [0.717, 1.165) is 5.56 Å². The molecule has 0 saturated carbocycles. The molecule has 0 aromatic heterocycles. The van der Waals surface area contributed by atoms with E-state index < -0.39 is 15.9 Å². The largest absolute Gasteiger partial charge is 0.495 e. The van der Waals surface area contributed by atoms with E-state index in [0.29, 0.717) is 27.8 Å². The molecule has 0 radical (unpaired) electrons. The van der Waals surface area contributed by atoms with Crippen LogP contribution in [-0.2, 0) is 10.0 Å². The maximum Gasteiger partial charge on any atom is 0.262 e. The van der Waals surface area contributed by atoms with Gasteiger partial charge in [0, 0.05) is 10.6 Å².